The normalized spacial score (nSPS) is 15.1. The van der Waals surface area contributed by atoms with E-state index in [0.29, 0.717) is 6.54 Å². The Morgan fingerprint density at radius 1 is 1.29 bits per heavy atom. The van der Waals surface area contributed by atoms with Gasteiger partial charge in [0.2, 0.25) is 0 Å². The number of hydrogen-bond donors (Lipinski definition) is 1. The van der Waals surface area contributed by atoms with E-state index in [1.807, 2.05) is 30.5 Å². The Bertz CT molecular complexity index is 535. The van der Waals surface area contributed by atoms with Crippen LogP contribution in [-0.4, -0.2) is 11.6 Å². The first-order valence-corrected chi connectivity index (χ1v) is 6.08. The number of fused-ring (bicyclic) bond motifs is 1. The summed E-state index contributed by atoms with van der Waals surface area (Å²) in [5.74, 6) is 1.66. The van der Waals surface area contributed by atoms with E-state index >= 15 is 0 Å². The summed E-state index contributed by atoms with van der Waals surface area (Å²) in [6.07, 6.45) is 4.41. The molecular weight excluding hydrogens is 212 g/mol. The summed E-state index contributed by atoms with van der Waals surface area (Å²) < 4.78 is 5.95. The Labute approximate surface area is 101 Å². The minimum Gasteiger partial charge on any atom is -0.492 e. The summed E-state index contributed by atoms with van der Waals surface area (Å²) in [7, 11) is 0. The average molecular weight is 228 g/mol. The molecule has 2 N–H and O–H groups in total. The maximum Gasteiger partial charge on any atom is 0.134 e. The third kappa shape index (κ3) is 2.11. The van der Waals surface area contributed by atoms with Gasteiger partial charge in [0, 0.05) is 23.7 Å². The summed E-state index contributed by atoms with van der Waals surface area (Å²) in [6.45, 7) is 1.28. The molecule has 1 saturated carbocycles. The molecule has 0 spiro atoms. The van der Waals surface area contributed by atoms with Gasteiger partial charge in [-0.05, 0) is 30.9 Å². The number of hydrogen-bond acceptors (Lipinski definition) is 3. The monoisotopic (exact) mass is 228 g/mol. The number of rotatable bonds is 4. The third-order valence-corrected chi connectivity index (χ3v) is 3.18. The van der Waals surface area contributed by atoms with Crippen LogP contribution < -0.4 is 10.5 Å². The van der Waals surface area contributed by atoms with E-state index in [9.17, 15) is 0 Å². The fraction of sp³-hybridized carbons (Fsp3) is 0.357. The summed E-state index contributed by atoms with van der Waals surface area (Å²) in [4.78, 5) is 4.40. The molecular formula is C14H16N2O. The highest BCUT2D eigenvalue weighted by Crippen LogP contribution is 2.33. The van der Waals surface area contributed by atoms with Crippen molar-refractivity contribution in [1.82, 2.24) is 4.98 Å². The van der Waals surface area contributed by atoms with Gasteiger partial charge in [0.1, 0.15) is 5.75 Å². The maximum atomic E-state index is 5.95. The molecule has 1 aromatic carbocycles. The standard InChI is InChI=1S/C14H16N2O/c15-7-11-8-16-13-4-2-1-3-12(13)14(11)17-9-10-5-6-10/h1-4,8,10H,5-7,9,15H2. The average Bonchev–Trinajstić information content (AvgIpc) is 3.19. The van der Waals surface area contributed by atoms with Crippen LogP contribution in [0, 0.1) is 5.92 Å². The smallest absolute Gasteiger partial charge is 0.134 e. The Kier molecular flexibility index (Phi) is 2.69. The van der Waals surface area contributed by atoms with Crippen LogP contribution in [0.2, 0.25) is 0 Å². The van der Waals surface area contributed by atoms with E-state index in [0.717, 1.165) is 34.7 Å². The van der Waals surface area contributed by atoms with Crippen molar-refractivity contribution in [2.24, 2.45) is 11.7 Å². The van der Waals surface area contributed by atoms with Crippen LogP contribution >= 0.6 is 0 Å². The van der Waals surface area contributed by atoms with Gasteiger partial charge in [0.15, 0.2) is 0 Å². The largest absolute Gasteiger partial charge is 0.492 e. The van der Waals surface area contributed by atoms with Crippen molar-refractivity contribution in [2.45, 2.75) is 19.4 Å². The first-order chi connectivity index (χ1) is 8.38. The summed E-state index contributed by atoms with van der Waals surface area (Å²) in [5.41, 5.74) is 7.70. The molecule has 0 amide bonds. The Morgan fingerprint density at radius 3 is 2.88 bits per heavy atom. The second kappa shape index (κ2) is 4.34. The predicted octanol–water partition coefficient (Wildman–Crippen LogP) is 2.48. The van der Waals surface area contributed by atoms with Crippen molar-refractivity contribution in [1.29, 1.82) is 0 Å². The van der Waals surface area contributed by atoms with Crippen molar-refractivity contribution < 1.29 is 4.74 Å². The van der Waals surface area contributed by atoms with Crippen molar-refractivity contribution in [3.8, 4) is 5.75 Å². The highest BCUT2D eigenvalue weighted by Gasteiger charge is 2.22. The molecule has 0 aliphatic heterocycles. The first kappa shape index (κ1) is 10.5. The minimum atomic E-state index is 0.470. The van der Waals surface area contributed by atoms with Crippen LogP contribution in [0.3, 0.4) is 0 Å². The molecule has 0 atom stereocenters. The van der Waals surface area contributed by atoms with Gasteiger partial charge in [-0.25, -0.2) is 0 Å². The lowest BCUT2D eigenvalue weighted by atomic mass is 10.1. The zero-order valence-electron chi connectivity index (χ0n) is 9.73. The maximum absolute atomic E-state index is 5.95. The molecule has 1 heterocycles. The molecule has 1 aliphatic carbocycles. The van der Waals surface area contributed by atoms with Gasteiger partial charge >= 0.3 is 0 Å². The van der Waals surface area contributed by atoms with Gasteiger partial charge in [-0.3, -0.25) is 4.98 Å². The Balaban J connectivity index is 2.02. The van der Waals surface area contributed by atoms with Crippen LogP contribution in [-0.2, 0) is 6.54 Å². The lowest BCUT2D eigenvalue weighted by Gasteiger charge is -2.12. The number of aromatic nitrogens is 1. The molecule has 3 heteroatoms. The molecule has 1 aromatic heterocycles. The zero-order chi connectivity index (χ0) is 11.7. The van der Waals surface area contributed by atoms with Crippen molar-refractivity contribution in [3.63, 3.8) is 0 Å². The zero-order valence-corrected chi connectivity index (χ0v) is 9.73. The molecule has 88 valence electrons. The number of benzene rings is 1. The van der Waals surface area contributed by atoms with Crippen LogP contribution in [0.5, 0.6) is 5.75 Å². The van der Waals surface area contributed by atoms with E-state index in [1.54, 1.807) is 0 Å². The Hall–Kier alpha value is -1.61. The number of nitrogens with zero attached hydrogens (tertiary/aromatic N) is 1. The molecule has 3 nitrogen and oxygen atoms in total. The van der Waals surface area contributed by atoms with E-state index in [-0.39, 0.29) is 0 Å². The molecule has 1 aliphatic rings. The predicted molar refractivity (Wildman–Crippen MR) is 67.9 cm³/mol. The second-order valence-corrected chi connectivity index (χ2v) is 4.59. The highest BCUT2D eigenvalue weighted by molar-refractivity contribution is 5.86. The quantitative estimate of drug-likeness (QED) is 0.874. The van der Waals surface area contributed by atoms with Gasteiger partial charge in [-0.1, -0.05) is 12.1 Å². The van der Waals surface area contributed by atoms with Crippen molar-refractivity contribution >= 4 is 10.9 Å². The minimum absolute atomic E-state index is 0.470. The van der Waals surface area contributed by atoms with Crippen molar-refractivity contribution in [3.05, 3.63) is 36.0 Å². The summed E-state index contributed by atoms with van der Waals surface area (Å²) in [6, 6.07) is 8.04. The van der Waals surface area contributed by atoms with E-state index in [4.69, 9.17) is 10.5 Å². The molecule has 1 fully saturated rings. The fourth-order valence-electron chi connectivity index (χ4n) is 1.96. The molecule has 0 unspecified atom stereocenters. The SMILES string of the molecule is NCc1cnc2ccccc2c1OCC1CC1. The first-order valence-electron chi connectivity index (χ1n) is 6.08. The highest BCUT2D eigenvalue weighted by atomic mass is 16.5. The van der Waals surface area contributed by atoms with Crippen LogP contribution in [0.25, 0.3) is 10.9 Å². The summed E-state index contributed by atoms with van der Waals surface area (Å²) >= 11 is 0. The van der Waals surface area contributed by atoms with E-state index < -0.39 is 0 Å². The molecule has 0 radical (unpaired) electrons. The van der Waals surface area contributed by atoms with Gasteiger partial charge < -0.3 is 10.5 Å². The van der Waals surface area contributed by atoms with Gasteiger partial charge in [0.05, 0.1) is 12.1 Å². The van der Waals surface area contributed by atoms with E-state index in [1.165, 1.54) is 12.8 Å². The van der Waals surface area contributed by atoms with E-state index in [2.05, 4.69) is 4.98 Å². The fourth-order valence-corrected chi connectivity index (χ4v) is 1.96. The number of nitrogens with two attached hydrogens (primary N) is 1. The molecule has 17 heavy (non-hydrogen) atoms. The van der Waals surface area contributed by atoms with Crippen LogP contribution in [0.1, 0.15) is 18.4 Å². The number of para-hydroxylation sites is 1. The summed E-state index contributed by atoms with van der Waals surface area (Å²) in [5, 5.41) is 1.07. The molecule has 0 saturated heterocycles. The van der Waals surface area contributed by atoms with Crippen LogP contribution in [0.15, 0.2) is 30.5 Å². The topological polar surface area (TPSA) is 48.1 Å². The van der Waals surface area contributed by atoms with Gasteiger partial charge in [0.25, 0.3) is 0 Å². The lowest BCUT2D eigenvalue weighted by molar-refractivity contribution is 0.300. The van der Waals surface area contributed by atoms with Gasteiger partial charge in [-0.15, -0.1) is 0 Å². The molecule has 2 aromatic rings. The molecule has 0 bridgehead atoms. The molecule has 3 rings (SSSR count). The Morgan fingerprint density at radius 2 is 2.12 bits per heavy atom. The van der Waals surface area contributed by atoms with Gasteiger partial charge in [-0.2, -0.15) is 0 Å². The van der Waals surface area contributed by atoms with Crippen molar-refractivity contribution in [2.75, 3.05) is 6.61 Å². The second-order valence-electron chi connectivity index (χ2n) is 4.59. The number of pyridine rings is 1. The number of ether oxygens (including phenoxy) is 1. The third-order valence-electron chi connectivity index (χ3n) is 3.18. The lowest BCUT2D eigenvalue weighted by Crippen LogP contribution is -2.06. The van der Waals surface area contributed by atoms with Crippen LogP contribution in [0.4, 0.5) is 0 Å².